The second kappa shape index (κ2) is 4.63. The second-order valence-corrected chi connectivity index (χ2v) is 3.69. The van der Waals surface area contributed by atoms with Gasteiger partial charge < -0.3 is 9.84 Å². The van der Waals surface area contributed by atoms with E-state index in [2.05, 4.69) is 4.98 Å². The number of rotatable bonds is 2. The quantitative estimate of drug-likeness (QED) is 0.830. The van der Waals surface area contributed by atoms with Gasteiger partial charge in [-0.3, -0.25) is 0 Å². The van der Waals surface area contributed by atoms with Gasteiger partial charge in [-0.1, -0.05) is 18.2 Å². The molecule has 1 N–H and O–H groups in total. The first kappa shape index (κ1) is 12.3. The Kier molecular flexibility index (Phi) is 3.01. The van der Waals surface area contributed by atoms with Crippen molar-refractivity contribution in [1.82, 2.24) is 0 Å². The fourth-order valence-electron chi connectivity index (χ4n) is 2.03. The van der Waals surface area contributed by atoms with Gasteiger partial charge in [0, 0.05) is 5.56 Å². The molecule has 2 aliphatic rings. The van der Waals surface area contributed by atoms with Gasteiger partial charge in [0.2, 0.25) is 5.39 Å². The lowest BCUT2D eigenvalue weighted by atomic mass is 10.1. The van der Waals surface area contributed by atoms with Crippen molar-refractivity contribution in [3.63, 3.8) is 0 Å². The van der Waals surface area contributed by atoms with Crippen molar-refractivity contribution in [1.29, 1.82) is 10.7 Å². The van der Waals surface area contributed by atoms with E-state index in [9.17, 15) is 15.2 Å². The number of fused-ring (bicyclic) bond motifs is 1. The van der Waals surface area contributed by atoms with Crippen molar-refractivity contribution in [2.75, 3.05) is 7.11 Å². The Morgan fingerprint density at radius 3 is 2.63 bits per heavy atom. The van der Waals surface area contributed by atoms with Crippen molar-refractivity contribution in [2.24, 2.45) is 0 Å². The number of hydrogen-bond acceptors (Lipinski definition) is 4. The second-order valence-electron chi connectivity index (χ2n) is 3.69. The molecule has 92 valence electrons. The summed E-state index contributed by atoms with van der Waals surface area (Å²) < 4.78 is 5.16. The third kappa shape index (κ3) is 1.72. The molecular weight excluding hydrogens is 246 g/mol. The summed E-state index contributed by atoms with van der Waals surface area (Å²) in [5.41, 5.74) is 0.111. The first-order valence-corrected chi connectivity index (χ1v) is 5.26. The van der Waals surface area contributed by atoms with Gasteiger partial charge in [0.1, 0.15) is 11.8 Å². The molecule has 0 aliphatic heterocycles. The summed E-state index contributed by atoms with van der Waals surface area (Å²) in [5, 5.41) is 27.4. The normalized spacial score (nSPS) is 9.63. The summed E-state index contributed by atoms with van der Waals surface area (Å²) in [5.74, 6) is -0.929. The number of diazo groups is 1. The van der Waals surface area contributed by atoms with E-state index in [-0.39, 0.29) is 16.8 Å². The summed E-state index contributed by atoms with van der Waals surface area (Å²) in [4.78, 5) is 14.2. The topological polar surface area (TPSA) is 98.5 Å². The average molecular weight is 254 g/mol. The standard InChI is InChI=1S/C13H7N3O3/c1-19-9-5-3-2-4-7-10(9)8(6-14)12(16-15)11(7)13(17)18/h2-5H,1H3/p+1. The molecule has 2 aliphatic carbocycles. The highest BCUT2D eigenvalue weighted by Gasteiger charge is 2.37. The Morgan fingerprint density at radius 2 is 2.11 bits per heavy atom. The first-order chi connectivity index (χ1) is 9.15. The van der Waals surface area contributed by atoms with E-state index >= 15 is 0 Å². The maximum absolute atomic E-state index is 11.3. The molecule has 0 fully saturated rings. The van der Waals surface area contributed by atoms with E-state index in [1.54, 1.807) is 18.2 Å². The molecule has 0 aromatic heterocycles. The van der Waals surface area contributed by atoms with Crippen LogP contribution in [-0.2, 0) is 0 Å². The Morgan fingerprint density at radius 1 is 1.42 bits per heavy atom. The van der Waals surface area contributed by atoms with Crippen LogP contribution in [0.15, 0.2) is 24.3 Å². The lowest BCUT2D eigenvalue weighted by molar-refractivity contribution is 0.0699. The highest BCUT2D eigenvalue weighted by Crippen LogP contribution is 2.45. The van der Waals surface area contributed by atoms with Crippen molar-refractivity contribution in [2.45, 2.75) is 0 Å². The van der Waals surface area contributed by atoms with Crippen LogP contribution in [0.2, 0.25) is 0 Å². The Bertz CT molecular complexity index is 725. The Balaban J connectivity index is 3.04. The number of nitrogens with zero attached hydrogens (tertiary/aromatic N) is 3. The number of hydrogen-bond donors (Lipinski definition) is 1. The average Bonchev–Trinajstić information content (AvgIpc) is 2.58. The highest BCUT2D eigenvalue weighted by atomic mass is 16.5. The van der Waals surface area contributed by atoms with Crippen molar-refractivity contribution >= 4 is 11.7 Å². The van der Waals surface area contributed by atoms with Gasteiger partial charge in [-0.2, -0.15) is 5.26 Å². The predicted octanol–water partition coefficient (Wildman–Crippen LogP) is 2.85. The molecule has 0 amide bonds. The van der Waals surface area contributed by atoms with Gasteiger partial charge in [0.05, 0.1) is 12.7 Å². The predicted molar refractivity (Wildman–Crippen MR) is 66.0 cm³/mol. The molecule has 19 heavy (non-hydrogen) atoms. The molecule has 0 saturated carbocycles. The zero-order chi connectivity index (χ0) is 14.0. The Labute approximate surface area is 108 Å². The van der Waals surface area contributed by atoms with Crippen molar-refractivity contribution < 1.29 is 14.6 Å². The van der Waals surface area contributed by atoms with Crippen LogP contribution in [0.4, 0.5) is 5.69 Å². The molecule has 6 nitrogen and oxygen atoms in total. The zero-order valence-corrected chi connectivity index (χ0v) is 9.91. The summed E-state index contributed by atoms with van der Waals surface area (Å²) in [6.45, 7) is 0. The molecule has 0 saturated heterocycles. The van der Waals surface area contributed by atoms with E-state index in [1.165, 1.54) is 13.2 Å². The van der Waals surface area contributed by atoms with Crippen LogP contribution in [0, 0.1) is 16.7 Å². The van der Waals surface area contributed by atoms with Gasteiger partial charge in [0.15, 0.2) is 16.1 Å². The monoisotopic (exact) mass is 254 g/mol. The third-order valence-corrected chi connectivity index (χ3v) is 2.78. The van der Waals surface area contributed by atoms with Gasteiger partial charge >= 0.3 is 11.7 Å². The van der Waals surface area contributed by atoms with Gasteiger partial charge in [0.25, 0.3) is 0 Å². The maximum atomic E-state index is 11.3. The number of aromatic carboxylic acids is 1. The van der Waals surface area contributed by atoms with Gasteiger partial charge in [-0.05, 0) is 6.07 Å². The summed E-state index contributed by atoms with van der Waals surface area (Å²) in [6, 6.07) is 8.29. The van der Waals surface area contributed by atoms with Crippen LogP contribution in [0.25, 0.3) is 16.1 Å². The summed E-state index contributed by atoms with van der Waals surface area (Å²) in [7, 11) is 1.42. The van der Waals surface area contributed by atoms with Crippen molar-refractivity contribution in [3.05, 3.63) is 40.4 Å². The zero-order valence-electron chi connectivity index (χ0n) is 9.91. The lowest BCUT2D eigenvalue weighted by Gasteiger charge is -2.02. The first-order valence-electron chi connectivity index (χ1n) is 5.26. The third-order valence-electron chi connectivity index (χ3n) is 2.78. The van der Waals surface area contributed by atoms with Crippen LogP contribution in [-0.4, -0.2) is 18.2 Å². The number of nitriles is 1. The fourth-order valence-corrected chi connectivity index (χ4v) is 2.03. The molecular formula is C13H8N3O3+. The summed E-state index contributed by atoms with van der Waals surface area (Å²) in [6.07, 6.45) is 0. The van der Waals surface area contributed by atoms with E-state index < -0.39 is 5.97 Å². The molecule has 0 atom stereocenters. The van der Waals surface area contributed by atoms with Crippen LogP contribution < -0.4 is 4.74 Å². The van der Waals surface area contributed by atoms with E-state index in [4.69, 9.17) is 10.1 Å². The Hall–Kier alpha value is -3.12. The fraction of sp³-hybridized carbons (Fsp3) is 0.0769. The molecule has 0 bridgehead atoms. The molecule has 0 aromatic carbocycles. The van der Waals surface area contributed by atoms with Crippen LogP contribution in [0.3, 0.4) is 0 Å². The van der Waals surface area contributed by atoms with E-state index in [1.807, 2.05) is 6.07 Å². The van der Waals surface area contributed by atoms with Crippen molar-refractivity contribution in [3.8, 4) is 22.9 Å². The molecule has 0 spiro atoms. The number of ether oxygens (including phenoxy) is 1. The van der Waals surface area contributed by atoms with E-state index in [0.717, 1.165) is 0 Å². The highest BCUT2D eigenvalue weighted by molar-refractivity contribution is 6.09. The number of carbonyl (C=O) groups is 1. The molecule has 0 heterocycles. The minimum atomic E-state index is -1.27. The number of carboxylic acid groups (broad SMARTS) is 1. The summed E-state index contributed by atoms with van der Waals surface area (Å²) >= 11 is 0. The molecule has 0 unspecified atom stereocenters. The molecule has 2 rings (SSSR count). The van der Waals surface area contributed by atoms with Crippen LogP contribution >= 0.6 is 0 Å². The van der Waals surface area contributed by atoms with Gasteiger partial charge in [-0.15, -0.1) is 0 Å². The minimum Gasteiger partial charge on any atom is -0.496 e. The molecule has 0 aromatic rings. The largest absolute Gasteiger partial charge is 0.496 e. The van der Waals surface area contributed by atoms with Crippen LogP contribution in [0.5, 0.6) is 5.75 Å². The van der Waals surface area contributed by atoms with Gasteiger partial charge in [-0.25, -0.2) is 4.79 Å². The van der Waals surface area contributed by atoms with E-state index in [0.29, 0.717) is 16.9 Å². The maximum Gasteiger partial charge on any atom is 0.418 e. The van der Waals surface area contributed by atoms with Crippen LogP contribution in [0.1, 0.15) is 15.9 Å². The number of methoxy groups -OCH3 is 1. The minimum absolute atomic E-state index is 0.0250. The smallest absolute Gasteiger partial charge is 0.418 e. The molecule has 6 heteroatoms. The lowest BCUT2D eigenvalue weighted by Crippen LogP contribution is -1.95. The number of carboxylic acids is 1. The molecule has 0 radical (unpaired) electrons. The SMILES string of the molecule is COc1ccccc2c(C(=O)O)c([N+]#N)c(C#N)c1-2.